The second kappa shape index (κ2) is 5.76. The third-order valence-corrected chi connectivity index (χ3v) is 3.90. The van der Waals surface area contributed by atoms with E-state index in [9.17, 15) is 24.6 Å². The topological polar surface area (TPSA) is 192 Å². The number of phosphoric ester groups is 1. The van der Waals surface area contributed by atoms with Crippen molar-refractivity contribution in [2.45, 2.75) is 24.5 Å². The quantitative estimate of drug-likeness (QED) is 0.474. The number of aromatic nitrogens is 4. The van der Waals surface area contributed by atoms with Gasteiger partial charge in [-0.2, -0.15) is 0 Å². The van der Waals surface area contributed by atoms with Gasteiger partial charge in [-0.15, -0.1) is 0 Å². The highest BCUT2D eigenvalue weighted by Gasteiger charge is 2.46. The number of fused-ring (bicyclic) bond motifs is 1. The predicted octanol–water partition coefficient (Wildman–Crippen LogP) is -3.13. The zero-order valence-corrected chi connectivity index (χ0v) is 12.3. The van der Waals surface area contributed by atoms with Gasteiger partial charge in [-0.3, -0.25) is 4.57 Å². The van der Waals surface area contributed by atoms with Crippen molar-refractivity contribution < 1.29 is 33.8 Å². The van der Waals surface area contributed by atoms with Gasteiger partial charge in [0.25, 0.3) is 0 Å². The van der Waals surface area contributed by atoms with Crippen LogP contribution in [0.3, 0.4) is 0 Å². The average molecular weight is 345 g/mol. The van der Waals surface area contributed by atoms with Gasteiger partial charge in [0.05, 0.1) is 20.8 Å². The Morgan fingerprint density at radius 3 is 2.83 bits per heavy atom. The van der Waals surface area contributed by atoms with E-state index in [1.54, 1.807) is 0 Å². The monoisotopic (exact) mass is 345 g/mol. The summed E-state index contributed by atoms with van der Waals surface area (Å²) >= 11 is 0. The molecule has 0 spiro atoms. The lowest BCUT2D eigenvalue weighted by molar-refractivity contribution is -0.347. The maximum atomic E-state index is 10.8. The van der Waals surface area contributed by atoms with Crippen LogP contribution in [0.5, 0.6) is 0 Å². The molecule has 0 aromatic carbocycles. The minimum atomic E-state index is -5.38. The third kappa shape index (κ3) is 2.93. The molecule has 0 amide bonds. The van der Waals surface area contributed by atoms with Crippen molar-refractivity contribution in [3.63, 3.8) is 0 Å². The lowest BCUT2D eigenvalue weighted by Crippen LogP contribution is -2.38. The molecule has 0 bridgehead atoms. The molecule has 13 heteroatoms. The largest absolute Gasteiger partial charge is 0.790 e. The summed E-state index contributed by atoms with van der Waals surface area (Å²) in [7, 11) is -5.38. The van der Waals surface area contributed by atoms with Gasteiger partial charge in [0, 0.05) is 0 Å². The molecule has 1 saturated heterocycles. The molecule has 1 fully saturated rings. The first-order valence-corrected chi connectivity index (χ1v) is 7.85. The van der Waals surface area contributed by atoms with Crippen LogP contribution < -0.4 is 15.5 Å². The molecule has 2 aromatic heterocycles. The molecule has 0 aliphatic carbocycles. The van der Waals surface area contributed by atoms with Crippen molar-refractivity contribution in [3.8, 4) is 0 Å². The number of nitrogen functional groups attached to an aromatic ring is 1. The molecule has 1 aliphatic heterocycles. The molecule has 3 heterocycles. The molecule has 0 radical (unpaired) electrons. The summed E-state index contributed by atoms with van der Waals surface area (Å²) in [6.07, 6.45) is -3.07. The van der Waals surface area contributed by atoms with Crippen LogP contribution in [0.4, 0.5) is 5.82 Å². The first kappa shape index (κ1) is 16.2. The van der Waals surface area contributed by atoms with Crippen molar-refractivity contribution in [2.24, 2.45) is 0 Å². The first-order chi connectivity index (χ1) is 10.8. The Morgan fingerprint density at radius 1 is 1.43 bits per heavy atom. The fourth-order valence-corrected chi connectivity index (χ4v) is 2.99. The maximum absolute atomic E-state index is 10.8. The molecule has 126 valence electrons. The Balaban J connectivity index is 1.96. The molecule has 4 atom stereocenters. The molecular formula is C10H12N5O7P-2. The Bertz CT molecular complexity index is 763. The van der Waals surface area contributed by atoms with Gasteiger partial charge in [0.1, 0.15) is 30.2 Å². The molecule has 12 nitrogen and oxygen atoms in total. The molecular weight excluding hydrogens is 333 g/mol. The van der Waals surface area contributed by atoms with E-state index in [0.29, 0.717) is 0 Å². The second-order valence-electron chi connectivity index (χ2n) is 4.84. The summed E-state index contributed by atoms with van der Waals surface area (Å²) in [6.45, 7) is -0.665. The highest BCUT2D eigenvalue weighted by molar-refractivity contribution is 7.43. The predicted molar refractivity (Wildman–Crippen MR) is 69.2 cm³/mol. The number of imidazole rings is 1. The number of anilines is 1. The van der Waals surface area contributed by atoms with Crippen LogP contribution in [-0.4, -0.2) is 54.7 Å². The Kier molecular flexibility index (Phi) is 4.06. The molecule has 0 unspecified atom stereocenters. The van der Waals surface area contributed by atoms with Crippen LogP contribution in [0.2, 0.25) is 0 Å². The fourth-order valence-electron chi connectivity index (χ4n) is 2.43. The van der Waals surface area contributed by atoms with Gasteiger partial charge in [-0.25, -0.2) is 15.0 Å². The Hall–Kier alpha value is -1.66. The van der Waals surface area contributed by atoms with Crippen LogP contribution in [0.1, 0.15) is 6.23 Å². The number of hydrogen-bond donors (Lipinski definition) is 3. The molecule has 4 N–H and O–H groups in total. The number of aliphatic hydroxyl groups excluding tert-OH is 2. The van der Waals surface area contributed by atoms with Gasteiger partial charge < -0.3 is 39.6 Å². The van der Waals surface area contributed by atoms with E-state index in [2.05, 4.69) is 19.5 Å². The van der Waals surface area contributed by atoms with Gasteiger partial charge in [0.15, 0.2) is 17.7 Å². The normalized spacial score (nSPS) is 28.5. The highest BCUT2D eigenvalue weighted by Crippen LogP contribution is 2.39. The van der Waals surface area contributed by atoms with Gasteiger partial charge >= 0.3 is 0 Å². The summed E-state index contributed by atoms with van der Waals surface area (Å²) in [6, 6.07) is 0. The maximum Gasteiger partial charge on any atom is 0.167 e. The first-order valence-electron chi connectivity index (χ1n) is 6.39. The van der Waals surface area contributed by atoms with Crippen molar-refractivity contribution in [1.82, 2.24) is 19.5 Å². The second-order valence-corrected chi connectivity index (χ2v) is 5.94. The Labute approximate surface area is 128 Å². The van der Waals surface area contributed by atoms with E-state index in [1.165, 1.54) is 17.2 Å². The lowest BCUT2D eigenvalue weighted by Gasteiger charge is -2.34. The van der Waals surface area contributed by atoms with Crippen LogP contribution in [0, 0.1) is 0 Å². The molecule has 1 aliphatic rings. The minimum absolute atomic E-state index is 0.108. The number of aliphatic hydroxyl groups is 2. The highest BCUT2D eigenvalue weighted by atomic mass is 31.2. The SMILES string of the molecule is Nc1ncnc2c1ncn2[C@H]1O[C@@H](CO)[C@H](OP(=O)([O-])[O-])[C@@H]1O. The fraction of sp³-hybridized carbons (Fsp3) is 0.500. The zero-order chi connectivity index (χ0) is 16.8. The third-order valence-electron chi connectivity index (χ3n) is 3.40. The van der Waals surface area contributed by atoms with E-state index in [1.807, 2.05) is 0 Å². The minimum Gasteiger partial charge on any atom is -0.790 e. The number of ether oxygens (including phenoxy) is 1. The van der Waals surface area contributed by atoms with E-state index in [4.69, 9.17) is 10.5 Å². The summed E-state index contributed by atoms with van der Waals surface area (Å²) in [5.74, 6) is 0.108. The van der Waals surface area contributed by atoms with Crippen molar-refractivity contribution in [1.29, 1.82) is 0 Å². The summed E-state index contributed by atoms with van der Waals surface area (Å²) in [5.41, 5.74) is 6.14. The van der Waals surface area contributed by atoms with Crippen molar-refractivity contribution >= 4 is 24.8 Å². The van der Waals surface area contributed by atoms with Crippen LogP contribution in [0.15, 0.2) is 12.7 Å². The van der Waals surface area contributed by atoms with E-state index in [-0.39, 0.29) is 17.0 Å². The lowest BCUT2D eigenvalue weighted by atomic mass is 10.1. The number of rotatable bonds is 4. The van der Waals surface area contributed by atoms with Crippen LogP contribution in [0.25, 0.3) is 11.2 Å². The average Bonchev–Trinajstić information content (AvgIpc) is 3.01. The molecule has 23 heavy (non-hydrogen) atoms. The number of nitrogens with two attached hydrogens (primary N) is 1. The van der Waals surface area contributed by atoms with Crippen LogP contribution >= 0.6 is 7.82 Å². The van der Waals surface area contributed by atoms with E-state index in [0.717, 1.165) is 0 Å². The van der Waals surface area contributed by atoms with Crippen molar-refractivity contribution in [2.75, 3.05) is 12.3 Å². The van der Waals surface area contributed by atoms with Crippen LogP contribution in [-0.2, 0) is 13.8 Å². The Morgan fingerprint density at radius 2 is 2.17 bits per heavy atom. The molecule has 2 aromatic rings. The number of hydrogen-bond acceptors (Lipinski definition) is 11. The zero-order valence-electron chi connectivity index (χ0n) is 11.4. The van der Waals surface area contributed by atoms with Gasteiger partial charge in [0.2, 0.25) is 0 Å². The number of phosphoric acid groups is 1. The number of nitrogens with zero attached hydrogens (tertiary/aromatic N) is 4. The van der Waals surface area contributed by atoms with Gasteiger partial charge in [-0.05, 0) is 0 Å². The molecule has 3 rings (SSSR count). The summed E-state index contributed by atoms with van der Waals surface area (Å²) in [5, 5.41) is 19.5. The van der Waals surface area contributed by atoms with E-state index < -0.39 is 39.0 Å². The molecule has 0 saturated carbocycles. The summed E-state index contributed by atoms with van der Waals surface area (Å²) in [4.78, 5) is 33.3. The van der Waals surface area contributed by atoms with Gasteiger partial charge in [-0.1, -0.05) is 0 Å². The summed E-state index contributed by atoms with van der Waals surface area (Å²) < 4.78 is 21.7. The van der Waals surface area contributed by atoms with E-state index >= 15 is 0 Å². The standard InChI is InChI=1S/C10H14N5O7P/c11-8-5-9(13-2-12-8)15(3-14-5)10-6(17)7(4(1-16)21-10)22-23(18,19)20/h2-4,6-7,10,16-17H,1H2,(H2,11,12,13)(H2,18,19,20)/p-2/t4-,6-,7-,10-/m0/s1. The van der Waals surface area contributed by atoms with Crippen molar-refractivity contribution in [3.05, 3.63) is 12.7 Å². The smallest absolute Gasteiger partial charge is 0.167 e.